The van der Waals surface area contributed by atoms with Crippen molar-refractivity contribution < 1.29 is 42.1 Å². The number of esters is 2. The molecule has 2 atom stereocenters. The average molecular weight is 1220 g/mol. The largest absolute Gasteiger partial charge is 0.756 e. The van der Waals surface area contributed by atoms with E-state index >= 15 is 0 Å². The molecule has 0 heterocycles. The van der Waals surface area contributed by atoms with Crippen LogP contribution in [0.4, 0.5) is 0 Å². The van der Waals surface area contributed by atoms with Gasteiger partial charge < -0.3 is 27.9 Å². The number of nitrogens with zero attached hydrogens (tertiary/aromatic N) is 1. The summed E-state index contributed by atoms with van der Waals surface area (Å²) in [4.78, 5) is 38.1. The van der Waals surface area contributed by atoms with E-state index in [0.717, 1.165) is 103 Å². The number of unbranched alkanes of at least 4 members (excludes halogenated alkanes) is 30. The van der Waals surface area contributed by atoms with E-state index in [1.165, 1.54) is 161 Å². The van der Waals surface area contributed by atoms with Crippen LogP contribution >= 0.6 is 7.82 Å². The number of likely N-dealkylation sites (N-methyl/N-ethyl adjacent to an activating group) is 1. The third-order valence-corrected chi connectivity index (χ3v) is 15.9. The maximum Gasteiger partial charge on any atom is 0.306 e. The van der Waals surface area contributed by atoms with Gasteiger partial charge >= 0.3 is 11.9 Å². The molecule has 0 saturated carbocycles. The van der Waals surface area contributed by atoms with Crippen molar-refractivity contribution >= 4 is 19.8 Å². The fourth-order valence-corrected chi connectivity index (χ4v) is 10.3. The van der Waals surface area contributed by atoms with Gasteiger partial charge in [-0.05, 0) is 109 Å². The van der Waals surface area contributed by atoms with Gasteiger partial charge in [0.15, 0.2) is 6.10 Å². The smallest absolute Gasteiger partial charge is 0.306 e. The number of hydrogen-bond acceptors (Lipinski definition) is 8. The molecule has 0 aliphatic rings. The maximum atomic E-state index is 12.9. The molecule has 0 aromatic heterocycles. The fraction of sp³-hybridized carbons (Fsp3) is 0.711. The Morgan fingerprint density at radius 3 is 0.988 bits per heavy atom. The molecule has 0 aliphatic heterocycles. The van der Waals surface area contributed by atoms with Gasteiger partial charge in [0.1, 0.15) is 19.8 Å². The second kappa shape index (κ2) is 65.8. The van der Waals surface area contributed by atoms with Crippen LogP contribution in [0.5, 0.6) is 0 Å². The summed E-state index contributed by atoms with van der Waals surface area (Å²) in [5.41, 5.74) is 0. The molecule has 0 amide bonds. The van der Waals surface area contributed by atoms with Crippen LogP contribution in [0, 0.1) is 0 Å². The van der Waals surface area contributed by atoms with Crippen LogP contribution < -0.4 is 4.89 Å². The highest BCUT2D eigenvalue weighted by Gasteiger charge is 2.22. The topological polar surface area (TPSA) is 111 Å². The number of phosphoric acid groups is 1. The lowest BCUT2D eigenvalue weighted by Gasteiger charge is -2.28. The molecule has 0 spiro atoms. The maximum absolute atomic E-state index is 12.9. The standard InChI is InChI=1S/C76H132NO8P/c1-6-8-10-12-14-16-18-20-22-24-26-28-30-32-34-36-38-40-42-44-46-48-50-52-54-56-58-60-62-64-66-68-75(78)82-72-74(73-84-86(80,81)83-71-70-77(3,4)5)85-76(79)69-67-65-63-61-59-57-55-53-51-49-47-45-43-41-39-37-35-33-31-29-27-25-23-21-19-17-15-13-11-9-7-2/h9,11,15,17-18,20-21,23-24,26-27,29-30,32-33,35,39,41,45,47,74H,6-8,10,12-14,16,19,22,25,28,31,34,36-38,40,42-44,46,48-73H2,1-5H3/b11-9-,17-15-,20-18-,23-21-,26-24-,29-27-,32-30-,35-33-,41-39-,47-45-. The van der Waals surface area contributed by atoms with Gasteiger partial charge in [0.2, 0.25) is 0 Å². The Morgan fingerprint density at radius 1 is 0.372 bits per heavy atom. The average Bonchev–Trinajstić information content (AvgIpc) is 3.56. The van der Waals surface area contributed by atoms with Gasteiger partial charge in [0.05, 0.1) is 27.7 Å². The molecule has 0 N–H and O–H groups in total. The van der Waals surface area contributed by atoms with E-state index in [1.54, 1.807) is 0 Å². The molecular weight excluding hydrogens is 1090 g/mol. The van der Waals surface area contributed by atoms with Gasteiger partial charge in [-0.2, -0.15) is 0 Å². The van der Waals surface area contributed by atoms with Gasteiger partial charge in [-0.1, -0.05) is 296 Å². The van der Waals surface area contributed by atoms with E-state index in [0.29, 0.717) is 17.4 Å². The number of quaternary nitrogens is 1. The Bertz CT molecular complexity index is 1870. The lowest BCUT2D eigenvalue weighted by Crippen LogP contribution is -2.37. The van der Waals surface area contributed by atoms with Crippen molar-refractivity contribution in [2.45, 2.75) is 302 Å². The first-order valence-electron chi connectivity index (χ1n) is 35.2. The number of hydrogen-bond donors (Lipinski definition) is 0. The molecule has 0 aliphatic carbocycles. The monoisotopic (exact) mass is 1220 g/mol. The summed E-state index contributed by atoms with van der Waals surface area (Å²) in [7, 11) is 1.16. The van der Waals surface area contributed by atoms with E-state index < -0.39 is 26.5 Å². The zero-order valence-corrected chi connectivity index (χ0v) is 57.1. The van der Waals surface area contributed by atoms with Gasteiger partial charge in [0.25, 0.3) is 7.82 Å². The molecule has 2 unspecified atom stereocenters. The number of allylic oxidation sites excluding steroid dienone is 20. The molecule has 0 fully saturated rings. The Labute approximate surface area is 530 Å². The highest BCUT2D eigenvalue weighted by Crippen LogP contribution is 2.38. The van der Waals surface area contributed by atoms with Crippen molar-refractivity contribution in [3.05, 3.63) is 122 Å². The summed E-state index contributed by atoms with van der Waals surface area (Å²) in [5.74, 6) is -0.839. The fourth-order valence-electron chi connectivity index (χ4n) is 9.59. The zero-order valence-electron chi connectivity index (χ0n) is 56.2. The molecule has 86 heavy (non-hydrogen) atoms. The number of rotatable bonds is 64. The minimum absolute atomic E-state index is 0.0369. The van der Waals surface area contributed by atoms with Gasteiger partial charge in [-0.15, -0.1) is 0 Å². The first-order valence-corrected chi connectivity index (χ1v) is 36.7. The van der Waals surface area contributed by atoms with Crippen LogP contribution in [0.3, 0.4) is 0 Å². The Hall–Kier alpha value is -3.59. The van der Waals surface area contributed by atoms with Crippen molar-refractivity contribution in [2.24, 2.45) is 0 Å². The first-order chi connectivity index (χ1) is 42.0. The molecule has 0 rings (SSSR count). The summed E-state index contributed by atoms with van der Waals surface area (Å²) >= 11 is 0. The molecule has 0 aromatic rings. The minimum Gasteiger partial charge on any atom is -0.756 e. The Balaban J connectivity index is 4.09. The highest BCUT2D eigenvalue weighted by atomic mass is 31.2. The Kier molecular flexibility index (Phi) is 63.1. The number of phosphoric ester groups is 1. The van der Waals surface area contributed by atoms with Crippen LogP contribution in [0.25, 0.3) is 0 Å². The van der Waals surface area contributed by atoms with Crippen molar-refractivity contribution in [1.29, 1.82) is 0 Å². The van der Waals surface area contributed by atoms with Crippen LogP contribution in [0.2, 0.25) is 0 Å². The summed E-state index contributed by atoms with van der Waals surface area (Å²) < 4.78 is 34.3. The van der Waals surface area contributed by atoms with Crippen molar-refractivity contribution in [3.8, 4) is 0 Å². The third kappa shape index (κ3) is 69.5. The van der Waals surface area contributed by atoms with Crippen LogP contribution in [-0.2, 0) is 32.7 Å². The van der Waals surface area contributed by atoms with Crippen LogP contribution in [0.1, 0.15) is 296 Å². The molecule has 0 bridgehead atoms. The second-order valence-electron chi connectivity index (χ2n) is 24.5. The number of carbonyl (C=O) groups is 2. The van der Waals surface area contributed by atoms with Crippen LogP contribution in [0.15, 0.2) is 122 Å². The molecule has 0 radical (unpaired) electrons. The van der Waals surface area contributed by atoms with E-state index in [9.17, 15) is 19.0 Å². The molecular formula is C76H132NO8P. The quantitative estimate of drug-likeness (QED) is 0.0195. The molecule has 0 aromatic carbocycles. The predicted octanol–water partition coefficient (Wildman–Crippen LogP) is 22.4. The predicted molar refractivity (Wildman–Crippen MR) is 369 cm³/mol. The summed E-state index contributed by atoms with van der Waals surface area (Å²) in [5, 5.41) is 0. The van der Waals surface area contributed by atoms with Crippen molar-refractivity contribution in [1.82, 2.24) is 0 Å². The van der Waals surface area contributed by atoms with E-state index in [-0.39, 0.29) is 32.0 Å². The SMILES string of the molecule is CC/C=C\C/C=C\C/C=C\C/C=C\C/C=C\C/C=C\C/C=C\CCCCCCCCCCCC(=O)OC(COC(=O)CCCCCCCCCCCCCCCCCC/C=C\C/C=C\C/C=C\CCCCCCC)COP(=O)([O-])OCC[N+](C)(C)C. The third-order valence-electron chi connectivity index (χ3n) is 15.0. The van der Waals surface area contributed by atoms with Crippen molar-refractivity contribution in [3.63, 3.8) is 0 Å². The summed E-state index contributed by atoms with van der Waals surface area (Å²) in [6.07, 6.45) is 94.1. The summed E-state index contributed by atoms with van der Waals surface area (Å²) in [6.45, 7) is 4.12. The lowest BCUT2D eigenvalue weighted by atomic mass is 10.0. The van der Waals surface area contributed by atoms with Gasteiger partial charge in [0, 0.05) is 12.8 Å². The van der Waals surface area contributed by atoms with Crippen molar-refractivity contribution in [2.75, 3.05) is 47.5 Å². The van der Waals surface area contributed by atoms with Crippen LogP contribution in [-0.4, -0.2) is 70.0 Å². The highest BCUT2D eigenvalue weighted by molar-refractivity contribution is 7.45. The van der Waals surface area contributed by atoms with Gasteiger partial charge in [-0.25, -0.2) is 0 Å². The normalized spacial score (nSPS) is 13.9. The molecule has 494 valence electrons. The van der Waals surface area contributed by atoms with E-state index in [2.05, 4.69) is 135 Å². The number of ether oxygens (including phenoxy) is 2. The zero-order chi connectivity index (χ0) is 62.6. The lowest BCUT2D eigenvalue weighted by molar-refractivity contribution is -0.870. The minimum atomic E-state index is -4.65. The Morgan fingerprint density at radius 2 is 0.663 bits per heavy atom. The second-order valence-corrected chi connectivity index (χ2v) is 25.9. The van der Waals surface area contributed by atoms with E-state index in [1.807, 2.05) is 21.1 Å². The van der Waals surface area contributed by atoms with Gasteiger partial charge in [-0.3, -0.25) is 14.2 Å². The number of carbonyl (C=O) groups excluding carboxylic acids is 2. The molecule has 9 nitrogen and oxygen atoms in total. The summed E-state index contributed by atoms with van der Waals surface area (Å²) in [6, 6.07) is 0. The van der Waals surface area contributed by atoms with E-state index in [4.69, 9.17) is 18.5 Å². The first kappa shape index (κ1) is 82.4. The molecule has 10 heteroatoms. The molecule has 0 saturated heterocycles.